The predicted octanol–water partition coefficient (Wildman–Crippen LogP) is 3.81. The van der Waals surface area contributed by atoms with E-state index < -0.39 is 11.9 Å². The number of carbonyl (C=O) groups is 1. The molecule has 0 fully saturated rings. The average Bonchev–Trinajstić information content (AvgIpc) is 3.08. The maximum absolute atomic E-state index is 13.8. The number of hydrogen-bond donors (Lipinski definition) is 1. The standard InChI is InChI=1S/C21H23FN4O2S/c1-14-8-10-16(11-9-14)12-23-19(27)13-29-21-25-24-20(26(21)3)15(2)28-18-7-5-4-6-17(18)22/h4-11,15H,12-13H2,1-3H3,(H,23,27). The molecule has 6 nitrogen and oxygen atoms in total. The van der Waals surface area contributed by atoms with Crippen molar-refractivity contribution in [2.24, 2.45) is 7.05 Å². The highest BCUT2D eigenvalue weighted by Gasteiger charge is 2.19. The van der Waals surface area contributed by atoms with Gasteiger partial charge in [-0.1, -0.05) is 53.7 Å². The first-order chi connectivity index (χ1) is 13.9. The van der Waals surface area contributed by atoms with Gasteiger partial charge in [-0.05, 0) is 31.5 Å². The zero-order chi connectivity index (χ0) is 20.8. The van der Waals surface area contributed by atoms with Gasteiger partial charge >= 0.3 is 0 Å². The molecule has 1 unspecified atom stereocenters. The number of para-hydroxylation sites is 1. The Hall–Kier alpha value is -2.87. The number of ether oxygens (including phenoxy) is 1. The summed E-state index contributed by atoms with van der Waals surface area (Å²) in [4.78, 5) is 12.1. The van der Waals surface area contributed by atoms with Gasteiger partial charge in [0, 0.05) is 13.6 Å². The zero-order valence-corrected chi connectivity index (χ0v) is 17.4. The number of rotatable bonds is 8. The number of aromatic nitrogens is 3. The second-order valence-corrected chi connectivity index (χ2v) is 7.58. The number of amides is 1. The van der Waals surface area contributed by atoms with Crippen molar-refractivity contribution in [1.29, 1.82) is 0 Å². The number of hydrogen-bond acceptors (Lipinski definition) is 5. The van der Waals surface area contributed by atoms with Gasteiger partial charge in [0.05, 0.1) is 5.75 Å². The minimum atomic E-state index is -0.492. The van der Waals surface area contributed by atoms with Crippen molar-refractivity contribution < 1.29 is 13.9 Å². The molecule has 3 rings (SSSR count). The molecule has 0 spiro atoms. The van der Waals surface area contributed by atoms with E-state index in [4.69, 9.17) is 4.74 Å². The molecule has 1 amide bonds. The predicted molar refractivity (Wildman–Crippen MR) is 110 cm³/mol. The van der Waals surface area contributed by atoms with E-state index in [1.54, 1.807) is 36.7 Å². The van der Waals surface area contributed by atoms with Gasteiger partial charge in [-0.25, -0.2) is 4.39 Å². The SMILES string of the molecule is Cc1ccc(CNC(=O)CSc2nnc(C(C)Oc3ccccc3F)n2C)cc1. The van der Waals surface area contributed by atoms with Crippen molar-refractivity contribution in [3.05, 3.63) is 71.3 Å². The molecule has 0 radical (unpaired) electrons. The summed E-state index contributed by atoms with van der Waals surface area (Å²) in [6.07, 6.45) is -0.492. The van der Waals surface area contributed by atoms with E-state index in [1.165, 1.54) is 23.4 Å². The van der Waals surface area contributed by atoms with Gasteiger partial charge in [0.2, 0.25) is 5.91 Å². The highest BCUT2D eigenvalue weighted by atomic mass is 32.2. The Morgan fingerprint density at radius 3 is 2.66 bits per heavy atom. The van der Waals surface area contributed by atoms with Crippen LogP contribution in [-0.2, 0) is 18.4 Å². The summed E-state index contributed by atoms with van der Waals surface area (Å²) in [7, 11) is 1.79. The van der Waals surface area contributed by atoms with E-state index >= 15 is 0 Å². The first-order valence-electron chi connectivity index (χ1n) is 9.19. The fourth-order valence-electron chi connectivity index (χ4n) is 2.68. The highest BCUT2D eigenvalue weighted by molar-refractivity contribution is 7.99. The number of aryl methyl sites for hydroxylation is 1. The molecule has 29 heavy (non-hydrogen) atoms. The van der Waals surface area contributed by atoms with E-state index in [1.807, 2.05) is 31.2 Å². The Bertz CT molecular complexity index is 975. The molecule has 3 aromatic rings. The molecule has 0 saturated carbocycles. The van der Waals surface area contributed by atoms with E-state index in [0.717, 1.165) is 5.56 Å². The van der Waals surface area contributed by atoms with Crippen LogP contribution in [0.25, 0.3) is 0 Å². The zero-order valence-electron chi connectivity index (χ0n) is 16.6. The molecule has 1 heterocycles. The Kier molecular flexibility index (Phi) is 6.87. The minimum absolute atomic E-state index is 0.0872. The topological polar surface area (TPSA) is 69.0 Å². The van der Waals surface area contributed by atoms with Gasteiger partial charge in [-0.2, -0.15) is 0 Å². The fourth-order valence-corrected chi connectivity index (χ4v) is 3.43. The van der Waals surface area contributed by atoms with Gasteiger partial charge in [0.25, 0.3) is 0 Å². The molecule has 0 aliphatic rings. The quantitative estimate of drug-likeness (QED) is 0.568. The van der Waals surface area contributed by atoms with E-state index in [9.17, 15) is 9.18 Å². The number of carbonyl (C=O) groups excluding carboxylic acids is 1. The maximum atomic E-state index is 13.8. The van der Waals surface area contributed by atoms with E-state index in [-0.39, 0.29) is 17.4 Å². The van der Waals surface area contributed by atoms with Gasteiger partial charge in [-0.3, -0.25) is 4.79 Å². The summed E-state index contributed by atoms with van der Waals surface area (Å²) < 4.78 is 21.2. The van der Waals surface area contributed by atoms with Crippen LogP contribution in [-0.4, -0.2) is 26.4 Å². The van der Waals surface area contributed by atoms with Crippen LogP contribution in [0.15, 0.2) is 53.7 Å². The van der Waals surface area contributed by atoms with Crippen molar-refractivity contribution in [1.82, 2.24) is 20.1 Å². The number of nitrogens with one attached hydrogen (secondary N) is 1. The van der Waals surface area contributed by atoms with E-state index in [0.29, 0.717) is 17.5 Å². The second-order valence-electron chi connectivity index (χ2n) is 6.64. The summed E-state index contributed by atoms with van der Waals surface area (Å²) in [5.74, 6) is 0.418. The highest BCUT2D eigenvalue weighted by Crippen LogP contribution is 2.25. The lowest BCUT2D eigenvalue weighted by Crippen LogP contribution is -2.24. The molecule has 2 aromatic carbocycles. The van der Waals surface area contributed by atoms with Crippen LogP contribution in [0.4, 0.5) is 4.39 Å². The molecule has 1 atom stereocenters. The monoisotopic (exact) mass is 414 g/mol. The first-order valence-corrected chi connectivity index (χ1v) is 10.2. The van der Waals surface area contributed by atoms with Crippen molar-refractivity contribution in [3.63, 3.8) is 0 Å². The molecular weight excluding hydrogens is 391 g/mol. The van der Waals surface area contributed by atoms with Crippen LogP contribution < -0.4 is 10.1 Å². The molecule has 1 aromatic heterocycles. The normalized spacial score (nSPS) is 11.9. The van der Waals surface area contributed by atoms with Gasteiger partial charge < -0.3 is 14.6 Å². The smallest absolute Gasteiger partial charge is 0.230 e. The molecular formula is C21H23FN4O2S. The second kappa shape index (κ2) is 9.56. The Balaban J connectivity index is 1.53. The molecule has 1 N–H and O–H groups in total. The maximum Gasteiger partial charge on any atom is 0.230 e. The molecule has 0 saturated heterocycles. The van der Waals surface area contributed by atoms with Crippen LogP contribution in [0.3, 0.4) is 0 Å². The summed E-state index contributed by atoms with van der Waals surface area (Å²) in [6.45, 7) is 4.28. The molecule has 152 valence electrons. The molecule has 8 heteroatoms. The lowest BCUT2D eigenvalue weighted by molar-refractivity contribution is -0.118. The summed E-state index contributed by atoms with van der Waals surface area (Å²) >= 11 is 1.29. The first kappa shape index (κ1) is 20.9. The van der Waals surface area contributed by atoms with Crippen LogP contribution in [0.1, 0.15) is 30.0 Å². The lowest BCUT2D eigenvalue weighted by Gasteiger charge is -2.14. The molecule has 0 aliphatic carbocycles. The summed E-state index contributed by atoms with van der Waals surface area (Å²) in [5, 5.41) is 11.7. The average molecular weight is 415 g/mol. The number of nitrogens with zero attached hydrogens (tertiary/aromatic N) is 3. The molecule has 0 aliphatic heterocycles. The van der Waals surface area contributed by atoms with Gasteiger partial charge in [0.15, 0.2) is 28.7 Å². The summed E-state index contributed by atoms with van der Waals surface area (Å²) in [6, 6.07) is 14.2. The van der Waals surface area contributed by atoms with Crippen molar-refractivity contribution >= 4 is 17.7 Å². The van der Waals surface area contributed by atoms with E-state index in [2.05, 4.69) is 15.5 Å². The van der Waals surface area contributed by atoms with Crippen molar-refractivity contribution in [2.75, 3.05) is 5.75 Å². The third-order valence-electron chi connectivity index (χ3n) is 4.32. The van der Waals surface area contributed by atoms with Gasteiger partial charge in [-0.15, -0.1) is 10.2 Å². The number of thioether (sulfide) groups is 1. The van der Waals surface area contributed by atoms with Gasteiger partial charge in [0.1, 0.15) is 0 Å². The van der Waals surface area contributed by atoms with Crippen LogP contribution in [0.2, 0.25) is 0 Å². The van der Waals surface area contributed by atoms with Crippen LogP contribution in [0, 0.1) is 12.7 Å². The van der Waals surface area contributed by atoms with Crippen LogP contribution >= 0.6 is 11.8 Å². The fraction of sp³-hybridized carbons (Fsp3) is 0.286. The van der Waals surface area contributed by atoms with Crippen LogP contribution in [0.5, 0.6) is 5.75 Å². The lowest BCUT2D eigenvalue weighted by atomic mass is 10.1. The molecule has 0 bridgehead atoms. The summed E-state index contributed by atoms with van der Waals surface area (Å²) in [5.41, 5.74) is 2.23. The number of halogens is 1. The number of benzene rings is 2. The van der Waals surface area contributed by atoms with Crippen molar-refractivity contribution in [3.8, 4) is 5.75 Å². The largest absolute Gasteiger partial charge is 0.480 e. The minimum Gasteiger partial charge on any atom is -0.480 e. The van der Waals surface area contributed by atoms with Crippen molar-refractivity contribution in [2.45, 2.75) is 31.7 Å². The Morgan fingerprint density at radius 1 is 1.21 bits per heavy atom. The Labute approximate surface area is 173 Å². The third-order valence-corrected chi connectivity index (χ3v) is 5.34. The Morgan fingerprint density at radius 2 is 1.93 bits per heavy atom. The third kappa shape index (κ3) is 5.57.